The Bertz CT molecular complexity index is 732. The largest absolute Gasteiger partial charge is 0.347 e. The number of amides is 1. The van der Waals surface area contributed by atoms with Crippen LogP contribution >= 0.6 is 0 Å². The van der Waals surface area contributed by atoms with Crippen molar-refractivity contribution in [2.75, 3.05) is 12.8 Å². The lowest BCUT2D eigenvalue weighted by atomic mass is 10.2. The fourth-order valence-corrected chi connectivity index (χ4v) is 2.04. The van der Waals surface area contributed by atoms with Crippen molar-refractivity contribution in [2.24, 2.45) is 0 Å². The smallest absolute Gasteiger partial charge is 0.272 e. The number of rotatable bonds is 4. The molecule has 1 aromatic carbocycles. The lowest BCUT2D eigenvalue weighted by Gasteiger charge is -1.99. The van der Waals surface area contributed by atoms with Crippen LogP contribution < -0.4 is 5.32 Å². The van der Waals surface area contributed by atoms with Crippen molar-refractivity contribution in [1.29, 1.82) is 0 Å². The first kappa shape index (κ1) is 13.3. The highest BCUT2D eigenvalue weighted by atomic mass is 32.2. The highest BCUT2D eigenvalue weighted by Crippen LogP contribution is 2.14. The Hall–Kier alpha value is -2.15. The van der Waals surface area contributed by atoms with E-state index in [4.69, 9.17) is 0 Å². The monoisotopic (exact) mass is 279 g/mol. The summed E-state index contributed by atoms with van der Waals surface area (Å²) in [7, 11) is -3.16. The molecule has 2 aromatic rings. The van der Waals surface area contributed by atoms with Crippen molar-refractivity contribution in [3.8, 4) is 0 Å². The molecule has 1 heterocycles. The molecular weight excluding hydrogens is 266 g/mol. The zero-order valence-electron chi connectivity index (χ0n) is 10.3. The molecule has 0 spiro atoms. The minimum Gasteiger partial charge on any atom is -0.347 e. The number of H-pyrrole nitrogens is 1. The van der Waals surface area contributed by atoms with E-state index in [-0.39, 0.29) is 12.5 Å². The Kier molecular flexibility index (Phi) is 3.66. The third-order valence-electron chi connectivity index (χ3n) is 2.41. The zero-order chi connectivity index (χ0) is 13.9. The second kappa shape index (κ2) is 5.23. The lowest BCUT2D eigenvalue weighted by Crippen LogP contribution is -2.24. The standard InChI is InChI=1S/C12H13N3O3S/c1-19(17,18)8-4-7-13-12(16)11-9-5-2-3-6-10(9)14-15-11/h2-6,8H,7H2,1H3,(H,13,16)(H,14,15)/b8-4+. The molecule has 19 heavy (non-hydrogen) atoms. The molecule has 0 saturated heterocycles. The van der Waals surface area contributed by atoms with E-state index in [1.54, 1.807) is 6.07 Å². The molecule has 0 bridgehead atoms. The van der Waals surface area contributed by atoms with Crippen LogP contribution in [0, 0.1) is 0 Å². The van der Waals surface area contributed by atoms with Gasteiger partial charge in [0.1, 0.15) is 0 Å². The van der Waals surface area contributed by atoms with E-state index in [1.807, 2.05) is 18.2 Å². The zero-order valence-corrected chi connectivity index (χ0v) is 11.1. The van der Waals surface area contributed by atoms with Gasteiger partial charge in [-0.2, -0.15) is 5.10 Å². The van der Waals surface area contributed by atoms with Gasteiger partial charge in [-0.1, -0.05) is 24.3 Å². The average molecular weight is 279 g/mol. The first-order valence-electron chi connectivity index (χ1n) is 5.55. The SMILES string of the molecule is CS(=O)(=O)/C=C/CNC(=O)c1n[nH]c2ccccc12. The predicted molar refractivity (Wildman–Crippen MR) is 72.4 cm³/mol. The van der Waals surface area contributed by atoms with E-state index in [1.165, 1.54) is 6.08 Å². The van der Waals surface area contributed by atoms with Crippen molar-refractivity contribution in [3.05, 3.63) is 41.4 Å². The molecule has 0 atom stereocenters. The first-order chi connectivity index (χ1) is 8.97. The molecule has 0 aliphatic rings. The Balaban J connectivity index is 2.07. The lowest BCUT2D eigenvalue weighted by molar-refractivity contribution is 0.0954. The number of carbonyl (C=O) groups excluding carboxylic acids is 1. The number of nitrogens with one attached hydrogen (secondary N) is 2. The van der Waals surface area contributed by atoms with E-state index in [9.17, 15) is 13.2 Å². The van der Waals surface area contributed by atoms with Crippen LogP contribution in [0.25, 0.3) is 10.9 Å². The second-order valence-electron chi connectivity index (χ2n) is 4.03. The third-order valence-corrected chi connectivity index (χ3v) is 3.10. The van der Waals surface area contributed by atoms with E-state index < -0.39 is 9.84 Å². The molecule has 2 rings (SSSR count). The van der Waals surface area contributed by atoms with E-state index in [0.717, 1.165) is 22.6 Å². The number of carbonyl (C=O) groups is 1. The molecule has 0 unspecified atom stereocenters. The topological polar surface area (TPSA) is 91.9 Å². The van der Waals surface area contributed by atoms with Crippen molar-refractivity contribution in [2.45, 2.75) is 0 Å². The van der Waals surface area contributed by atoms with Crippen LogP contribution in [-0.4, -0.2) is 37.3 Å². The van der Waals surface area contributed by atoms with Crippen LogP contribution in [0.15, 0.2) is 35.7 Å². The van der Waals surface area contributed by atoms with Gasteiger partial charge in [0.15, 0.2) is 15.5 Å². The summed E-state index contributed by atoms with van der Waals surface area (Å²) >= 11 is 0. The minimum absolute atomic E-state index is 0.132. The summed E-state index contributed by atoms with van der Waals surface area (Å²) in [5, 5.41) is 11.1. The van der Waals surface area contributed by atoms with Crippen molar-refractivity contribution < 1.29 is 13.2 Å². The number of fused-ring (bicyclic) bond motifs is 1. The molecule has 7 heteroatoms. The molecule has 1 amide bonds. The van der Waals surface area contributed by atoms with Gasteiger partial charge in [0, 0.05) is 23.6 Å². The average Bonchev–Trinajstić information content (AvgIpc) is 2.77. The van der Waals surface area contributed by atoms with Gasteiger partial charge >= 0.3 is 0 Å². The Morgan fingerprint density at radius 2 is 2.16 bits per heavy atom. The van der Waals surface area contributed by atoms with E-state index in [0.29, 0.717) is 5.69 Å². The van der Waals surface area contributed by atoms with Gasteiger partial charge in [0.05, 0.1) is 5.52 Å². The summed E-state index contributed by atoms with van der Waals surface area (Å²) in [6.07, 6.45) is 2.47. The molecule has 100 valence electrons. The Labute approximate surface area is 110 Å². The summed E-state index contributed by atoms with van der Waals surface area (Å²) in [5.41, 5.74) is 1.07. The quantitative estimate of drug-likeness (QED) is 0.868. The van der Waals surface area contributed by atoms with Gasteiger partial charge < -0.3 is 5.32 Å². The van der Waals surface area contributed by atoms with Crippen molar-refractivity contribution in [3.63, 3.8) is 0 Å². The normalized spacial score (nSPS) is 12.1. The van der Waals surface area contributed by atoms with Crippen LogP contribution in [0.2, 0.25) is 0 Å². The molecule has 0 aliphatic carbocycles. The molecule has 0 radical (unpaired) electrons. The number of sulfone groups is 1. The van der Waals surface area contributed by atoms with Crippen LogP contribution in [0.1, 0.15) is 10.5 Å². The number of hydrogen-bond acceptors (Lipinski definition) is 4. The summed E-state index contributed by atoms with van der Waals surface area (Å²) < 4.78 is 21.7. The maximum absolute atomic E-state index is 11.9. The van der Waals surface area contributed by atoms with Crippen LogP contribution in [0.3, 0.4) is 0 Å². The number of nitrogens with zero attached hydrogens (tertiary/aromatic N) is 1. The van der Waals surface area contributed by atoms with Gasteiger partial charge in [-0.3, -0.25) is 9.89 Å². The Morgan fingerprint density at radius 1 is 1.42 bits per heavy atom. The van der Waals surface area contributed by atoms with Gasteiger partial charge in [-0.15, -0.1) is 0 Å². The molecule has 0 saturated carbocycles. The maximum Gasteiger partial charge on any atom is 0.272 e. The van der Waals surface area contributed by atoms with Crippen LogP contribution in [0.5, 0.6) is 0 Å². The molecule has 0 aliphatic heterocycles. The first-order valence-corrected chi connectivity index (χ1v) is 7.51. The summed E-state index contributed by atoms with van der Waals surface area (Å²) in [6.45, 7) is 0.132. The number of hydrogen-bond donors (Lipinski definition) is 2. The summed E-state index contributed by atoms with van der Waals surface area (Å²) in [5.74, 6) is -0.351. The van der Waals surface area contributed by atoms with Crippen molar-refractivity contribution >= 4 is 26.6 Å². The highest BCUT2D eigenvalue weighted by Gasteiger charge is 2.12. The van der Waals surface area contributed by atoms with Crippen molar-refractivity contribution in [1.82, 2.24) is 15.5 Å². The molecule has 6 nitrogen and oxygen atoms in total. The summed E-state index contributed by atoms with van der Waals surface area (Å²) in [4.78, 5) is 11.9. The second-order valence-corrected chi connectivity index (χ2v) is 5.96. The molecule has 2 N–H and O–H groups in total. The van der Waals surface area contributed by atoms with E-state index >= 15 is 0 Å². The number of para-hydroxylation sites is 1. The van der Waals surface area contributed by atoms with Gasteiger partial charge in [-0.05, 0) is 6.07 Å². The fraction of sp³-hybridized carbons (Fsp3) is 0.167. The predicted octanol–water partition coefficient (Wildman–Crippen LogP) is 0.851. The summed E-state index contributed by atoms with van der Waals surface area (Å²) in [6, 6.07) is 7.28. The Morgan fingerprint density at radius 3 is 2.89 bits per heavy atom. The minimum atomic E-state index is -3.16. The molecular formula is C12H13N3O3S. The molecule has 0 fully saturated rings. The number of aromatic nitrogens is 2. The van der Waals surface area contributed by atoms with Crippen LogP contribution in [0.4, 0.5) is 0 Å². The fourth-order valence-electron chi connectivity index (χ4n) is 1.59. The number of aromatic amines is 1. The third kappa shape index (κ3) is 3.41. The van der Waals surface area contributed by atoms with Gasteiger partial charge in [0.25, 0.3) is 5.91 Å². The maximum atomic E-state index is 11.9. The van der Waals surface area contributed by atoms with Crippen LogP contribution in [-0.2, 0) is 9.84 Å². The van der Waals surface area contributed by atoms with Gasteiger partial charge in [-0.25, -0.2) is 8.42 Å². The highest BCUT2D eigenvalue weighted by molar-refractivity contribution is 7.93. The van der Waals surface area contributed by atoms with Gasteiger partial charge in [0.2, 0.25) is 0 Å². The molecule has 1 aromatic heterocycles. The number of benzene rings is 1. The van der Waals surface area contributed by atoms with E-state index in [2.05, 4.69) is 15.5 Å².